The number of carboxylic acid groups (broad SMARTS) is 1. The molecule has 0 bridgehead atoms. The van der Waals surface area contributed by atoms with Crippen LogP contribution in [0.3, 0.4) is 0 Å². The number of methoxy groups -OCH3 is 1. The number of pyridine rings is 1. The molecular weight excluding hydrogens is 420 g/mol. The zero-order valence-electron chi connectivity index (χ0n) is 19.3. The Morgan fingerprint density at radius 2 is 2.15 bits per heavy atom. The first-order valence-corrected chi connectivity index (χ1v) is 12.0. The van der Waals surface area contributed by atoms with Gasteiger partial charge < -0.3 is 25.4 Å². The summed E-state index contributed by atoms with van der Waals surface area (Å²) in [5.74, 6) is 0.640. The summed E-state index contributed by atoms with van der Waals surface area (Å²) >= 11 is 0. The van der Waals surface area contributed by atoms with Gasteiger partial charge in [0.1, 0.15) is 17.7 Å². The molecule has 0 amide bonds. The summed E-state index contributed by atoms with van der Waals surface area (Å²) in [5.41, 5.74) is 2.48. The van der Waals surface area contributed by atoms with Gasteiger partial charge in [-0.3, -0.25) is 0 Å². The van der Waals surface area contributed by atoms with E-state index in [2.05, 4.69) is 37.6 Å². The van der Waals surface area contributed by atoms with Crippen LogP contribution in [-0.4, -0.2) is 69.8 Å². The number of rotatable bonds is 13. The average molecular weight is 455 g/mol. The molecule has 0 saturated heterocycles. The van der Waals surface area contributed by atoms with Crippen molar-refractivity contribution in [2.24, 2.45) is 0 Å². The first-order valence-electron chi connectivity index (χ1n) is 12.0. The minimum absolute atomic E-state index is 0.216. The molecule has 1 fully saturated rings. The fourth-order valence-corrected chi connectivity index (χ4v) is 4.30. The summed E-state index contributed by atoms with van der Waals surface area (Å²) in [6.45, 7) is 2.75. The normalized spacial score (nSPS) is 16.1. The summed E-state index contributed by atoms with van der Waals surface area (Å²) in [6, 6.07) is 6.12. The first kappa shape index (κ1) is 23.2. The number of aromatic nitrogens is 3. The third kappa shape index (κ3) is 6.77. The zero-order chi connectivity index (χ0) is 23.0. The Balaban J connectivity index is 1.24. The Kier molecular flexibility index (Phi) is 7.93. The molecule has 9 heteroatoms. The minimum atomic E-state index is -0.879. The Bertz CT molecular complexity index is 936. The van der Waals surface area contributed by atoms with E-state index in [4.69, 9.17) is 9.72 Å². The van der Waals surface area contributed by atoms with Gasteiger partial charge in [0.2, 0.25) is 0 Å². The maximum Gasteiger partial charge on any atom is 0.326 e. The molecule has 3 N–H and O–H groups in total. The number of aliphatic carboxylic acids is 1. The highest BCUT2D eigenvalue weighted by molar-refractivity contribution is 5.76. The van der Waals surface area contributed by atoms with Crippen LogP contribution in [0.15, 0.2) is 24.4 Å². The Hall–Kier alpha value is -2.94. The second-order valence-corrected chi connectivity index (χ2v) is 8.82. The van der Waals surface area contributed by atoms with E-state index in [1.54, 1.807) is 12.3 Å². The van der Waals surface area contributed by atoms with Crippen molar-refractivity contribution in [1.82, 2.24) is 19.9 Å². The molecule has 0 spiro atoms. The lowest BCUT2D eigenvalue weighted by atomic mass is 10.1. The number of unbranched alkanes of at least 4 members (excludes halogenated alkanes) is 1. The van der Waals surface area contributed by atoms with Crippen molar-refractivity contribution in [2.75, 3.05) is 37.4 Å². The number of carboxylic acids is 1. The number of ether oxygens (including phenoxy) is 1. The van der Waals surface area contributed by atoms with Gasteiger partial charge in [-0.15, -0.1) is 0 Å². The summed E-state index contributed by atoms with van der Waals surface area (Å²) in [4.78, 5) is 27.2. The van der Waals surface area contributed by atoms with Crippen molar-refractivity contribution in [3.8, 4) is 6.01 Å². The molecule has 1 unspecified atom stereocenters. The molecule has 1 aliphatic carbocycles. The van der Waals surface area contributed by atoms with Crippen molar-refractivity contribution in [3.05, 3.63) is 35.7 Å². The molecule has 1 aliphatic heterocycles. The van der Waals surface area contributed by atoms with Crippen LogP contribution in [0, 0.1) is 0 Å². The molecule has 2 aromatic rings. The summed E-state index contributed by atoms with van der Waals surface area (Å²) < 4.78 is 5.02. The summed E-state index contributed by atoms with van der Waals surface area (Å²) in [7, 11) is 1.49. The molecule has 4 rings (SSSR count). The van der Waals surface area contributed by atoms with Crippen LogP contribution < -0.4 is 15.4 Å². The van der Waals surface area contributed by atoms with Crippen LogP contribution in [0.1, 0.15) is 49.8 Å². The van der Waals surface area contributed by atoms with E-state index < -0.39 is 12.0 Å². The third-order valence-corrected chi connectivity index (χ3v) is 6.28. The van der Waals surface area contributed by atoms with E-state index in [9.17, 15) is 9.90 Å². The Labute approximate surface area is 195 Å². The monoisotopic (exact) mass is 454 g/mol. The maximum absolute atomic E-state index is 11.8. The van der Waals surface area contributed by atoms with Gasteiger partial charge in [0.05, 0.1) is 7.11 Å². The molecule has 2 aliphatic rings. The fourth-order valence-electron chi connectivity index (χ4n) is 4.30. The van der Waals surface area contributed by atoms with Gasteiger partial charge in [0.25, 0.3) is 0 Å². The lowest BCUT2D eigenvalue weighted by Crippen LogP contribution is -2.36. The smallest absolute Gasteiger partial charge is 0.326 e. The van der Waals surface area contributed by atoms with Gasteiger partial charge >= 0.3 is 12.0 Å². The Morgan fingerprint density at radius 1 is 1.27 bits per heavy atom. The molecule has 0 radical (unpaired) electrons. The predicted molar refractivity (Wildman–Crippen MR) is 127 cm³/mol. The van der Waals surface area contributed by atoms with Gasteiger partial charge in [-0.25, -0.2) is 14.8 Å². The third-order valence-electron chi connectivity index (χ3n) is 6.28. The maximum atomic E-state index is 11.8. The van der Waals surface area contributed by atoms with Crippen molar-refractivity contribution in [1.29, 1.82) is 0 Å². The standard InChI is InChI=1S/C24H34N6O3/c1-33-24-26-14-11-21(29-24)28-20(23(31)32)12-16-30(19-9-10-19)15-3-2-6-18-8-7-17-5-4-13-25-22(17)27-18/h7-8,11,14,19-20H,2-6,9-10,12-13,15-16H2,1H3,(H,25,27)(H,31,32)(H,26,28,29). The molecule has 0 aromatic carbocycles. The first-order chi connectivity index (χ1) is 16.1. The summed E-state index contributed by atoms with van der Waals surface area (Å²) in [5, 5.41) is 16.1. The fraction of sp³-hybridized carbons (Fsp3) is 0.583. The Morgan fingerprint density at radius 3 is 2.94 bits per heavy atom. The van der Waals surface area contributed by atoms with Gasteiger partial charge in [0.15, 0.2) is 0 Å². The van der Waals surface area contributed by atoms with Gasteiger partial charge in [-0.2, -0.15) is 4.98 Å². The molecule has 33 heavy (non-hydrogen) atoms. The van der Waals surface area contributed by atoms with Gasteiger partial charge in [0, 0.05) is 31.0 Å². The number of anilines is 2. The molecule has 9 nitrogen and oxygen atoms in total. The highest BCUT2D eigenvalue weighted by atomic mass is 16.5. The number of carbonyl (C=O) groups is 1. The van der Waals surface area contributed by atoms with Crippen molar-refractivity contribution < 1.29 is 14.6 Å². The number of hydrogen-bond acceptors (Lipinski definition) is 8. The molecule has 3 heterocycles. The molecular formula is C24H34N6O3. The van der Waals surface area contributed by atoms with Crippen molar-refractivity contribution >= 4 is 17.6 Å². The number of nitrogens with zero attached hydrogens (tertiary/aromatic N) is 4. The average Bonchev–Trinajstić information content (AvgIpc) is 3.68. The van der Waals surface area contributed by atoms with E-state index in [0.29, 0.717) is 18.3 Å². The second kappa shape index (κ2) is 11.3. The predicted octanol–water partition coefficient (Wildman–Crippen LogP) is 2.98. The van der Waals surface area contributed by atoms with Crippen molar-refractivity contribution in [3.63, 3.8) is 0 Å². The largest absolute Gasteiger partial charge is 0.480 e. The number of aryl methyl sites for hydroxylation is 2. The van der Waals surface area contributed by atoms with E-state index >= 15 is 0 Å². The lowest BCUT2D eigenvalue weighted by molar-refractivity contribution is -0.138. The van der Waals surface area contributed by atoms with Crippen LogP contribution in [0.2, 0.25) is 0 Å². The van der Waals surface area contributed by atoms with Gasteiger partial charge in [-0.1, -0.05) is 6.07 Å². The molecule has 2 aromatic heterocycles. The van der Waals surface area contributed by atoms with Crippen LogP contribution in [0.25, 0.3) is 0 Å². The number of fused-ring (bicyclic) bond motifs is 1. The van der Waals surface area contributed by atoms with Gasteiger partial charge in [-0.05, 0) is 75.6 Å². The highest BCUT2D eigenvalue weighted by Gasteiger charge is 2.29. The second-order valence-electron chi connectivity index (χ2n) is 8.82. The number of hydrogen-bond donors (Lipinski definition) is 3. The van der Waals surface area contributed by atoms with E-state index in [1.165, 1.54) is 31.9 Å². The highest BCUT2D eigenvalue weighted by Crippen LogP contribution is 2.28. The quantitative estimate of drug-likeness (QED) is 0.393. The van der Waals surface area contributed by atoms with Crippen molar-refractivity contribution in [2.45, 2.75) is 63.5 Å². The summed E-state index contributed by atoms with van der Waals surface area (Å²) in [6.07, 6.45) is 9.89. The van der Waals surface area contributed by atoms with Crippen LogP contribution in [-0.2, 0) is 17.6 Å². The van der Waals surface area contributed by atoms with Crippen LogP contribution in [0.5, 0.6) is 6.01 Å². The van der Waals surface area contributed by atoms with Crippen LogP contribution >= 0.6 is 0 Å². The molecule has 178 valence electrons. The molecule has 1 atom stereocenters. The SMILES string of the molecule is COc1nccc(NC(CCN(CCCCc2ccc3c(n2)NCCC3)C2CC2)C(=O)O)n1. The lowest BCUT2D eigenvalue weighted by Gasteiger charge is -2.24. The van der Waals surface area contributed by atoms with E-state index in [1.807, 2.05) is 0 Å². The minimum Gasteiger partial charge on any atom is -0.480 e. The molecule has 1 saturated carbocycles. The zero-order valence-corrected chi connectivity index (χ0v) is 19.3. The van der Waals surface area contributed by atoms with E-state index in [0.717, 1.165) is 56.8 Å². The van der Waals surface area contributed by atoms with E-state index in [-0.39, 0.29) is 6.01 Å². The number of nitrogens with one attached hydrogen (secondary N) is 2. The topological polar surface area (TPSA) is 112 Å². The van der Waals surface area contributed by atoms with Crippen LogP contribution in [0.4, 0.5) is 11.6 Å².